The third-order valence-corrected chi connectivity index (χ3v) is 2.86. The Morgan fingerprint density at radius 3 is 2.70 bits per heavy atom. The summed E-state index contributed by atoms with van der Waals surface area (Å²) in [6, 6.07) is 8.84. The fourth-order valence-corrected chi connectivity index (χ4v) is 1.77. The molecule has 20 heavy (non-hydrogen) atoms. The van der Waals surface area contributed by atoms with Crippen molar-refractivity contribution in [1.82, 2.24) is 25.4 Å². The molecule has 1 amide bonds. The van der Waals surface area contributed by atoms with Crippen molar-refractivity contribution in [2.75, 3.05) is 5.32 Å². The number of carbonyl (C=O) groups excluding carboxylic acids is 1. The molecule has 0 unspecified atom stereocenters. The number of rotatable bonds is 3. The van der Waals surface area contributed by atoms with Gasteiger partial charge >= 0.3 is 0 Å². The van der Waals surface area contributed by atoms with Crippen LogP contribution in [0.15, 0.2) is 36.7 Å². The number of hydrogen-bond acceptors (Lipinski definition) is 4. The zero-order valence-corrected chi connectivity index (χ0v) is 10.8. The first-order chi connectivity index (χ1) is 9.72. The Labute approximate surface area is 118 Å². The molecule has 0 atom stereocenters. The van der Waals surface area contributed by atoms with Crippen LogP contribution in [0.5, 0.6) is 0 Å². The topological polar surface area (TPSA) is 99.3 Å². The molecule has 3 N–H and O–H groups in total. The van der Waals surface area contributed by atoms with Crippen LogP contribution in [0.2, 0.25) is 5.02 Å². The number of nitrogens with zero attached hydrogens (tertiary/aromatic N) is 3. The van der Waals surface area contributed by atoms with Crippen molar-refractivity contribution in [3.63, 3.8) is 0 Å². The Hall–Kier alpha value is -2.67. The number of benzene rings is 1. The quantitative estimate of drug-likeness (QED) is 0.687. The molecule has 7 nitrogen and oxygen atoms in total. The van der Waals surface area contributed by atoms with Gasteiger partial charge < -0.3 is 0 Å². The monoisotopic (exact) mass is 288 g/mol. The molecule has 0 aliphatic carbocycles. The SMILES string of the molecule is O=C(Nc1ncn[nH]1)c1cc(-c2ccc(Cl)cc2)n[nH]1. The fourth-order valence-electron chi connectivity index (χ4n) is 1.65. The highest BCUT2D eigenvalue weighted by atomic mass is 35.5. The Balaban J connectivity index is 1.79. The second-order valence-corrected chi connectivity index (χ2v) is 4.40. The van der Waals surface area contributed by atoms with Crippen LogP contribution in [0.25, 0.3) is 11.3 Å². The molecule has 0 aliphatic rings. The molecule has 2 aromatic heterocycles. The van der Waals surface area contributed by atoms with Gasteiger partial charge in [-0.15, -0.1) is 0 Å². The molecule has 0 saturated heterocycles. The van der Waals surface area contributed by atoms with E-state index < -0.39 is 0 Å². The third-order valence-electron chi connectivity index (χ3n) is 2.61. The van der Waals surface area contributed by atoms with E-state index in [2.05, 4.69) is 30.7 Å². The number of carbonyl (C=O) groups is 1. The van der Waals surface area contributed by atoms with E-state index in [1.807, 2.05) is 12.1 Å². The van der Waals surface area contributed by atoms with Crippen LogP contribution in [-0.2, 0) is 0 Å². The average molecular weight is 289 g/mol. The van der Waals surface area contributed by atoms with Crippen molar-refractivity contribution in [3.8, 4) is 11.3 Å². The molecule has 0 fully saturated rings. The van der Waals surface area contributed by atoms with E-state index in [0.717, 1.165) is 5.56 Å². The van der Waals surface area contributed by atoms with Crippen LogP contribution in [0.3, 0.4) is 0 Å². The number of anilines is 1. The molecule has 100 valence electrons. The minimum absolute atomic E-state index is 0.276. The summed E-state index contributed by atoms with van der Waals surface area (Å²) in [6.45, 7) is 0. The first-order valence-corrected chi connectivity index (χ1v) is 6.08. The van der Waals surface area contributed by atoms with Crippen molar-refractivity contribution in [2.45, 2.75) is 0 Å². The summed E-state index contributed by atoms with van der Waals surface area (Å²) in [6.07, 6.45) is 1.31. The summed E-state index contributed by atoms with van der Waals surface area (Å²) in [4.78, 5) is 15.7. The van der Waals surface area contributed by atoms with Gasteiger partial charge in [0.25, 0.3) is 5.91 Å². The standard InChI is InChI=1S/C12H9ClN6O/c13-8-3-1-7(2-4-8)9-5-10(18-17-9)11(20)16-12-14-6-15-19-12/h1-6H,(H,17,18)(H2,14,15,16,19,20). The maximum absolute atomic E-state index is 11.9. The number of amides is 1. The molecule has 0 bridgehead atoms. The largest absolute Gasteiger partial charge is 0.289 e. The van der Waals surface area contributed by atoms with Crippen LogP contribution >= 0.6 is 11.6 Å². The van der Waals surface area contributed by atoms with E-state index in [0.29, 0.717) is 16.4 Å². The molecule has 0 radical (unpaired) electrons. The maximum Gasteiger partial charge on any atom is 0.276 e. The number of halogens is 1. The summed E-state index contributed by atoms with van der Waals surface area (Å²) in [5, 5.41) is 16.1. The Morgan fingerprint density at radius 1 is 1.20 bits per heavy atom. The predicted octanol–water partition coefficient (Wildman–Crippen LogP) is 2.10. The first kappa shape index (κ1) is 12.4. The molecule has 2 heterocycles. The molecule has 0 aliphatic heterocycles. The van der Waals surface area contributed by atoms with E-state index in [9.17, 15) is 4.79 Å². The highest BCUT2D eigenvalue weighted by Crippen LogP contribution is 2.20. The van der Waals surface area contributed by atoms with Gasteiger partial charge in [-0.1, -0.05) is 23.7 Å². The van der Waals surface area contributed by atoms with Gasteiger partial charge in [0.05, 0.1) is 5.69 Å². The molecule has 0 saturated carbocycles. The highest BCUT2D eigenvalue weighted by Gasteiger charge is 2.12. The second-order valence-electron chi connectivity index (χ2n) is 3.96. The van der Waals surface area contributed by atoms with Gasteiger partial charge in [-0.25, -0.2) is 5.10 Å². The number of hydrogen-bond donors (Lipinski definition) is 3. The zero-order chi connectivity index (χ0) is 13.9. The van der Waals surface area contributed by atoms with Crippen LogP contribution < -0.4 is 5.32 Å². The lowest BCUT2D eigenvalue weighted by atomic mass is 10.1. The van der Waals surface area contributed by atoms with E-state index in [4.69, 9.17) is 11.6 Å². The van der Waals surface area contributed by atoms with Gasteiger partial charge in [0.1, 0.15) is 12.0 Å². The van der Waals surface area contributed by atoms with Gasteiger partial charge in [-0.3, -0.25) is 15.2 Å². The lowest BCUT2D eigenvalue weighted by molar-refractivity contribution is 0.102. The van der Waals surface area contributed by atoms with Crippen LogP contribution in [-0.4, -0.2) is 31.3 Å². The van der Waals surface area contributed by atoms with E-state index in [1.165, 1.54) is 6.33 Å². The highest BCUT2D eigenvalue weighted by molar-refractivity contribution is 6.30. The zero-order valence-electron chi connectivity index (χ0n) is 10.1. The van der Waals surface area contributed by atoms with Crippen molar-refractivity contribution in [2.24, 2.45) is 0 Å². The Bertz CT molecular complexity index is 719. The van der Waals surface area contributed by atoms with Crippen molar-refractivity contribution >= 4 is 23.5 Å². The second kappa shape index (κ2) is 5.14. The number of nitrogens with one attached hydrogen (secondary N) is 3. The molecule has 0 spiro atoms. The van der Waals surface area contributed by atoms with Crippen molar-refractivity contribution < 1.29 is 4.79 Å². The van der Waals surface area contributed by atoms with Crippen LogP contribution in [0.1, 0.15) is 10.5 Å². The number of H-pyrrole nitrogens is 2. The molecule has 1 aromatic carbocycles. The van der Waals surface area contributed by atoms with Crippen molar-refractivity contribution in [1.29, 1.82) is 0 Å². The lowest BCUT2D eigenvalue weighted by Gasteiger charge is -1.97. The molecule has 3 rings (SSSR count). The lowest BCUT2D eigenvalue weighted by Crippen LogP contribution is -2.13. The molecular formula is C12H9ClN6O. The molecular weight excluding hydrogens is 280 g/mol. The minimum Gasteiger partial charge on any atom is -0.289 e. The molecule has 3 aromatic rings. The normalized spacial score (nSPS) is 10.4. The number of aromatic nitrogens is 5. The third kappa shape index (κ3) is 2.52. The summed E-state index contributed by atoms with van der Waals surface area (Å²) in [7, 11) is 0. The average Bonchev–Trinajstić information content (AvgIpc) is 3.10. The Morgan fingerprint density at radius 2 is 2.00 bits per heavy atom. The predicted molar refractivity (Wildman–Crippen MR) is 73.4 cm³/mol. The van der Waals surface area contributed by atoms with Crippen LogP contribution in [0, 0.1) is 0 Å². The van der Waals surface area contributed by atoms with Gasteiger partial charge in [0.15, 0.2) is 0 Å². The number of aromatic amines is 2. The fraction of sp³-hybridized carbons (Fsp3) is 0. The summed E-state index contributed by atoms with van der Waals surface area (Å²) >= 11 is 5.83. The van der Waals surface area contributed by atoms with E-state index >= 15 is 0 Å². The summed E-state index contributed by atoms with van der Waals surface area (Å²) in [5.41, 5.74) is 1.85. The summed E-state index contributed by atoms with van der Waals surface area (Å²) in [5.74, 6) is -0.0768. The van der Waals surface area contributed by atoms with E-state index in [1.54, 1.807) is 18.2 Å². The molecule has 8 heteroatoms. The van der Waals surface area contributed by atoms with Crippen molar-refractivity contribution in [3.05, 3.63) is 47.4 Å². The first-order valence-electron chi connectivity index (χ1n) is 5.70. The van der Waals surface area contributed by atoms with Gasteiger partial charge in [-0.2, -0.15) is 15.2 Å². The van der Waals surface area contributed by atoms with Crippen LogP contribution in [0.4, 0.5) is 5.95 Å². The smallest absolute Gasteiger partial charge is 0.276 e. The van der Waals surface area contributed by atoms with E-state index in [-0.39, 0.29) is 11.9 Å². The van der Waals surface area contributed by atoms with Gasteiger partial charge in [-0.05, 0) is 18.2 Å². The minimum atomic E-state index is -0.352. The van der Waals surface area contributed by atoms with Gasteiger partial charge in [0.2, 0.25) is 5.95 Å². The maximum atomic E-state index is 11.9. The van der Waals surface area contributed by atoms with Gasteiger partial charge in [0, 0.05) is 10.6 Å². The summed E-state index contributed by atoms with van der Waals surface area (Å²) < 4.78 is 0. The Kier molecular flexibility index (Phi) is 3.18.